The minimum atomic E-state index is -0.467. The van der Waals surface area contributed by atoms with Gasteiger partial charge in [0.1, 0.15) is 24.3 Å². The Kier molecular flexibility index (Phi) is 2.83. The highest BCUT2D eigenvalue weighted by Gasteiger charge is 2.33. The Balaban J connectivity index is 1.88. The number of Topliss-reactive ketones (excluding diaryl/α,β-unsaturated/α-hetero) is 1. The maximum Gasteiger partial charge on any atom is 0.415 e. The van der Waals surface area contributed by atoms with Gasteiger partial charge in [-0.3, -0.25) is 9.69 Å². The standard InChI is InChI=1S/C12H13N3O4/c13-4-8-5-15(12(17)19-8)11-2-1-10-9(14-11)3-7(16)6-18-10/h1-2,8H,3-6,13H2/t8-/m0/s1. The fourth-order valence-electron chi connectivity index (χ4n) is 2.11. The van der Waals surface area contributed by atoms with Crippen LogP contribution in [0.5, 0.6) is 5.75 Å². The molecule has 1 aromatic heterocycles. The molecule has 0 aliphatic carbocycles. The molecule has 1 saturated heterocycles. The van der Waals surface area contributed by atoms with Gasteiger partial charge in [0.05, 0.1) is 18.7 Å². The zero-order valence-electron chi connectivity index (χ0n) is 10.2. The molecule has 0 spiro atoms. The molecule has 2 N–H and O–H groups in total. The van der Waals surface area contributed by atoms with E-state index in [0.717, 1.165) is 0 Å². The number of ketones is 1. The van der Waals surface area contributed by atoms with E-state index in [9.17, 15) is 9.59 Å². The number of cyclic esters (lactones) is 1. The summed E-state index contributed by atoms with van der Waals surface area (Å²) in [4.78, 5) is 28.7. The highest BCUT2D eigenvalue weighted by Crippen LogP contribution is 2.27. The second-order valence-corrected chi connectivity index (χ2v) is 4.47. The molecular weight excluding hydrogens is 250 g/mol. The number of nitrogens with two attached hydrogens (primary N) is 1. The minimum absolute atomic E-state index is 0.0269. The van der Waals surface area contributed by atoms with Crippen LogP contribution in [0.2, 0.25) is 0 Å². The number of amides is 1. The summed E-state index contributed by atoms with van der Waals surface area (Å²) in [6.45, 7) is 0.722. The lowest BCUT2D eigenvalue weighted by molar-refractivity contribution is -0.121. The zero-order chi connectivity index (χ0) is 13.4. The van der Waals surface area contributed by atoms with Crippen molar-refractivity contribution in [1.29, 1.82) is 0 Å². The summed E-state index contributed by atoms with van der Waals surface area (Å²) in [6, 6.07) is 3.39. The van der Waals surface area contributed by atoms with Gasteiger partial charge >= 0.3 is 6.09 Å². The first-order valence-corrected chi connectivity index (χ1v) is 6.00. The number of anilines is 1. The van der Waals surface area contributed by atoms with Crippen LogP contribution in [0.3, 0.4) is 0 Å². The van der Waals surface area contributed by atoms with Crippen LogP contribution in [0.1, 0.15) is 5.69 Å². The molecule has 0 unspecified atom stereocenters. The van der Waals surface area contributed by atoms with Crippen molar-refractivity contribution in [3.05, 3.63) is 17.8 Å². The van der Waals surface area contributed by atoms with Gasteiger partial charge in [0, 0.05) is 6.54 Å². The van der Waals surface area contributed by atoms with Gasteiger partial charge in [0.2, 0.25) is 0 Å². The summed E-state index contributed by atoms with van der Waals surface area (Å²) in [5.41, 5.74) is 6.03. The van der Waals surface area contributed by atoms with Crippen LogP contribution in [0.15, 0.2) is 12.1 Å². The predicted molar refractivity (Wildman–Crippen MR) is 65.1 cm³/mol. The van der Waals surface area contributed by atoms with Crippen LogP contribution in [0, 0.1) is 0 Å². The van der Waals surface area contributed by atoms with Crippen molar-refractivity contribution in [2.45, 2.75) is 12.5 Å². The van der Waals surface area contributed by atoms with E-state index in [0.29, 0.717) is 23.8 Å². The van der Waals surface area contributed by atoms with Gasteiger partial charge in [0.25, 0.3) is 0 Å². The van der Waals surface area contributed by atoms with Gasteiger partial charge in [0.15, 0.2) is 5.78 Å². The molecule has 0 aromatic carbocycles. The number of nitrogens with zero attached hydrogens (tertiary/aromatic N) is 2. The van der Waals surface area contributed by atoms with E-state index < -0.39 is 6.09 Å². The van der Waals surface area contributed by atoms with Crippen molar-refractivity contribution in [2.24, 2.45) is 5.73 Å². The first-order chi connectivity index (χ1) is 9.17. The maximum atomic E-state index is 11.7. The Morgan fingerprint density at radius 1 is 1.42 bits per heavy atom. The smallest absolute Gasteiger partial charge is 0.415 e. The summed E-state index contributed by atoms with van der Waals surface area (Å²) in [5.74, 6) is 1.02. The largest absolute Gasteiger partial charge is 0.484 e. The van der Waals surface area contributed by atoms with Crippen LogP contribution in [-0.2, 0) is 16.0 Å². The summed E-state index contributed by atoms with van der Waals surface area (Å²) in [6.07, 6.45) is -0.555. The molecule has 7 nitrogen and oxygen atoms in total. The van der Waals surface area contributed by atoms with Crippen LogP contribution < -0.4 is 15.4 Å². The number of ether oxygens (including phenoxy) is 2. The molecule has 1 atom stereocenters. The van der Waals surface area contributed by atoms with E-state index in [1.807, 2.05) is 0 Å². The molecule has 19 heavy (non-hydrogen) atoms. The molecule has 7 heteroatoms. The molecule has 0 radical (unpaired) electrons. The van der Waals surface area contributed by atoms with Crippen LogP contribution in [0.4, 0.5) is 10.6 Å². The molecule has 0 bridgehead atoms. The molecule has 0 saturated carbocycles. The molecule has 3 rings (SSSR count). The monoisotopic (exact) mass is 263 g/mol. The van der Waals surface area contributed by atoms with Crippen molar-refractivity contribution in [2.75, 3.05) is 24.6 Å². The van der Waals surface area contributed by atoms with E-state index in [4.69, 9.17) is 15.2 Å². The SMILES string of the molecule is NC[C@H]1CN(c2ccc3c(n2)CC(=O)CO3)C(=O)O1. The van der Waals surface area contributed by atoms with Gasteiger partial charge in [-0.2, -0.15) is 0 Å². The second-order valence-electron chi connectivity index (χ2n) is 4.47. The van der Waals surface area contributed by atoms with Crippen LogP contribution in [0.25, 0.3) is 0 Å². The molecule has 2 aliphatic heterocycles. The van der Waals surface area contributed by atoms with Gasteiger partial charge in [-0.1, -0.05) is 0 Å². The van der Waals surface area contributed by atoms with Gasteiger partial charge in [-0.25, -0.2) is 9.78 Å². The summed E-state index contributed by atoms with van der Waals surface area (Å²) in [5, 5.41) is 0. The number of fused-ring (bicyclic) bond motifs is 1. The Bertz CT molecular complexity index is 546. The van der Waals surface area contributed by atoms with Crippen molar-refractivity contribution >= 4 is 17.7 Å². The van der Waals surface area contributed by atoms with E-state index in [2.05, 4.69) is 4.98 Å². The summed E-state index contributed by atoms with van der Waals surface area (Å²) in [7, 11) is 0. The average Bonchev–Trinajstić information content (AvgIpc) is 2.79. The lowest BCUT2D eigenvalue weighted by Gasteiger charge is -2.18. The van der Waals surface area contributed by atoms with E-state index in [1.54, 1.807) is 12.1 Å². The van der Waals surface area contributed by atoms with E-state index in [1.165, 1.54) is 4.90 Å². The van der Waals surface area contributed by atoms with Crippen LogP contribution >= 0.6 is 0 Å². The highest BCUT2D eigenvalue weighted by atomic mass is 16.6. The fourth-order valence-corrected chi connectivity index (χ4v) is 2.11. The van der Waals surface area contributed by atoms with Crippen LogP contribution in [-0.4, -0.2) is 42.7 Å². The Morgan fingerprint density at radius 3 is 3.00 bits per heavy atom. The first kappa shape index (κ1) is 11.9. The maximum absolute atomic E-state index is 11.7. The number of rotatable bonds is 2. The average molecular weight is 263 g/mol. The molecular formula is C12H13N3O4. The number of hydrogen-bond acceptors (Lipinski definition) is 6. The molecule has 1 fully saturated rings. The van der Waals surface area contributed by atoms with E-state index >= 15 is 0 Å². The quantitative estimate of drug-likeness (QED) is 0.798. The predicted octanol–water partition coefficient (Wildman–Crippen LogP) is -0.131. The summed E-state index contributed by atoms with van der Waals surface area (Å²) < 4.78 is 10.3. The van der Waals surface area contributed by atoms with E-state index in [-0.39, 0.29) is 31.5 Å². The third-order valence-electron chi connectivity index (χ3n) is 3.08. The zero-order valence-corrected chi connectivity index (χ0v) is 10.2. The fraction of sp³-hybridized carbons (Fsp3) is 0.417. The van der Waals surface area contributed by atoms with Gasteiger partial charge in [-0.15, -0.1) is 0 Å². The third kappa shape index (κ3) is 2.12. The normalized spacial score (nSPS) is 21.9. The molecule has 1 aromatic rings. The number of carbonyl (C=O) groups excluding carboxylic acids is 2. The number of carbonyl (C=O) groups is 2. The molecule has 2 aliphatic rings. The topological polar surface area (TPSA) is 94.8 Å². The molecule has 3 heterocycles. The Hall–Kier alpha value is -2.15. The highest BCUT2D eigenvalue weighted by molar-refractivity contribution is 5.89. The number of aromatic nitrogens is 1. The van der Waals surface area contributed by atoms with Gasteiger partial charge in [-0.05, 0) is 12.1 Å². The Morgan fingerprint density at radius 2 is 2.26 bits per heavy atom. The number of pyridine rings is 1. The lowest BCUT2D eigenvalue weighted by Crippen LogP contribution is -2.29. The molecule has 100 valence electrons. The second kappa shape index (κ2) is 4.51. The molecule has 1 amide bonds. The Labute approximate surface area is 109 Å². The van der Waals surface area contributed by atoms with Crippen molar-refractivity contribution in [3.8, 4) is 5.75 Å². The lowest BCUT2D eigenvalue weighted by atomic mass is 10.1. The first-order valence-electron chi connectivity index (χ1n) is 6.00. The van der Waals surface area contributed by atoms with Gasteiger partial charge < -0.3 is 15.2 Å². The number of hydrogen-bond donors (Lipinski definition) is 1. The third-order valence-corrected chi connectivity index (χ3v) is 3.08. The van der Waals surface area contributed by atoms with Crippen molar-refractivity contribution in [1.82, 2.24) is 4.98 Å². The summed E-state index contributed by atoms with van der Waals surface area (Å²) >= 11 is 0. The van der Waals surface area contributed by atoms with Crippen molar-refractivity contribution < 1.29 is 19.1 Å². The van der Waals surface area contributed by atoms with Crippen molar-refractivity contribution in [3.63, 3.8) is 0 Å². The minimum Gasteiger partial charge on any atom is -0.484 e.